The highest BCUT2D eigenvalue weighted by Crippen LogP contribution is 2.19. The Kier molecular flexibility index (Phi) is 3.84. The van der Waals surface area contributed by atoms with Crippen molar-refractivity contribution >= 4 is 10.2 Å². The van der Waals surface area contributed by atoms with Gasteiger partial charge in [0.1, 0.15) is 0 Å². The zero-order chi connectivity index (χ0) is 11.6. The molecule has 94 valence electrons. The molecule has 0 aromatic carbocycles. The number of nitrogens with zero attached hydrogens (tertiary/aromatic N) is 1. The van der Waals surface area contributed by atoms with Gasteiger partial charge in [0.2, 0.25) is 0 Å². The molecule has 16 heavy (non-hydrogen) atoms. The van der Waals surface area contributed by atoms with E-state index in [0.29, 0.717) is 6.54 Å². The van der Waals surface area contributed by atoms with Crippen molar-refractivity contribution in [1.82, 2.24) is 14.3 Å². The normalized spacial score (nSPS) is 33.1. The van der Waals surface area contributed by atoms with Crippen molar-refractivity contribution in [2.24, 2.45) is 0 Å². The third-order valence-electron chi connectivity index (χ3n) is 3.43. The molecule has 0 amide bonds. The van der Waals surface area contributed by atoms with Gasteiger partial charge in [-0.25, -0.2) is 0 Å². The van der Waals surface area contributed by atoms with E-state index in [4.69, 9.17) is 0 Å². The Hall–Kier alpha value is -0.170. The summed E-state index contributed by atoms with van der Waals surface area (Å²) >= 11 is 0. The fraction of sp³-hybridized carbons (Fsp3) is 1.00. The molecule has 0 aliphatic carbocycles. The van der Waals surface area contributed by atoms with Crippen LogP contribution < -0.4 is 10.0 Å². The van der Waals surface area contributed by atoms with Gasteiger partial charge >= 0.3 is 0 Å². The number of hydrogen-bond acceptors (Lipinski definition) is 3. The fourth-order valence-corrected chi connectivity index (χ4v) is 4.17. The van der Waals surface area contributed by atoms with Crippen molar-refractivity contribution in [3.8, 4) is 0 Å². The topological polar surface area (TPSA) is 61.4 Å². The van der Waals surface area contributed by atoms with E-state index in [1.165, 1.54) is 0 Å². The van der Waals surface area contributed by atoms with E-state index in [1.54, 1.807) is 4.31 Å². The Morgan fingerprint density at radius 1 is 1.31 bits per heavy atom. The Morgan fingerprint density at radius 3 is 2.75 bits per heavy atom. The van der Waals surface area contributed by atoms with Crippen LogP contribution in [-0.4, -0.2) is 44.4 Å². The van der Waals surface area contributed by atoms with Crippen molar-refractivity contribution in [3.05, 3.63) is 0 Å². The van der Waals surface area contributed by atoms with Gasteiger partial charge in [-0.1, -0.05) is 6.42 Å². The first-order chi connectivity index (χ1) is 7.59. The SMILES string of the molecule is CC1CCCCN1S(=O)(=O)NC1CCNC1. The second kappa shape index (κ2) is 5.00. The minimum Gasteiger partial charge on any atom is -0.315 e. The maximum absolute atomic E-state index is 12.1. The molecule has 0 bridgehead atoms. The molecule has 0 saturated carbocycles. The molecule has 0 aromatic heterocycles. The van der Waals surface area contributed by atoms with Gasteiger partial charge in [-0.2, -0.15) is 17.4 Å². The minimum absolute atomic E-state index is 0.0686. The van der Waals surface area contributed by atoms with Crippen LogP contribution >= 0.6 is 0 Å². The molecular formula is C10H21N3O2S. The molecule has 2 aliphatic rings. The molecule has 2 aliphatic heterocycles. The molecule has 2 unspecified atom stereocenters. The molecular weight excluding hydrogens is 226 g/mol. The smallest absolute Gasteiger partial charge is 0.279 e. The van der Waals surface area contributed by atoms with Crippen LogP contribution in [0.4, 0.5) is 0 Å². The van der Waals surface area contributed by atoms with Crippen molar-refractivity contribution in [3.63, 3.8) is 0 Å². The van der Waals surface area contributed by atoms with E-state index in [-0.39, 0.29) is 12.1 Å². The molecule has 5 nitrogen and oxygen atoms in total. The third-order valence-corrected chi connectivity index (χ3v) is 5.22. The van der Waals surface area contributed by atoms with Crippen molar-refractivity contribution < 1.29 is 8.42 Å². The summed E-state index contributed by atoms with van der Waals surface area (Å²) in [5.41, 5.74) is 0. The molecule has 2 fully saturated rings. The maximum atomic E-state index is 12.1. The molecule has 2 heterocycles. The van der Waals surface area contributed by atoms with E-state index >= 15 is 0 Å². The average molecular weight is 247 g/mol. The highest BCUT2D eigenvalue weighted by Gasteiger charge is 2.31. The summed E-state index contributed by atoms with van der Waals surface area (Å²) in [7, 11) is -3.27. The predicted octanol–water partition coefficient (Wildman–Crippen LogP) is 0.0571. The average Bonchev–Trinajstić information content (AvgIpc) is 2.70. The zero-order valence-electron chi connectivity index (χ0n) is 9.78. The summed E-state index contributed by atoms with van der Waals surface area (Å²) in [6.07, 6.45) is 3.98. The van der Waals surface area contributed by atoms with Gasteiger partial charge in [-0.05, 0) is 32.7 Å². The van der Waals surface area contributed by atoms with Gasteiger partial charge in [0.05, 0.1) is 0 Å². The standard InChI is InChI=1S/C10H21N3O2S/c1-9-4-2-3-7-13(9)16(14,15)12-10-5-6-11-8-10/h9-12H,2-8H2,1H3. The summed E-state index contributed by atoms with van der Waals surface area (Å²) < 4.78 is 28.7. The van der Waals surface area contributed by atoms with E-state index < -0.39 is 10.2 Å². The van der Waals surface area contributed by atoms with Crippen LogP contribution in [0.3, 0.4) is 0 Å². The number of rotatable bonds is 3. The van der Waals surface area contributed by atoms with E-state index in [1.807, 2.05) is 6.92 Å². The Labute approximate surface area is 97.8 Å². The van der Waals surface area contributed by atoms with Crippen LogP contribution in [0.25, 0.3) is 0 Å². The summed E-state index contributed by atoms with van der Waals surface area (Å²) in [5, 5.41) is 3.16. The van der Waals surface area contributed by atoms with Gasteiger partial charge in [0.25, 0.3) is 10.2 Å². The Balaban J connectivity index is 1.99. The van der Waals surface area contributed by atoms with Gasteiger partial charge in [-0.15, -0.1) is 0 Å². The Bertz CT molecular complexity index is 325. The summed E-state index contributed by atoms with van der Waals surface area (Å²) in [6.45, 7) is 4.31. The van der Waals surface area contributed by atoms with Crippen LogP contribution in [0.1, 0.15) is 32.6 Å². The highest BCUT2D eigenvalue weighted by molar-refractivity contribution is 7.87. The van der Waals surface area contributed by atoms with Gasteiger partial charge in [0.15, 0.2) is 0 Å². The number of piperidine rings is 1. The highest BCUT2D eigenvalue weighted by atomic mass is 32.2. The third kappa shape index (κ3) is 2.74. The minimum atomic E-state index is -3.27. The monoisotopic (exact) mass is 247 g/mol. The van der Waals surface area contributed by atoms with E-state index in [0.717, 1.165) is 38.8 Å². The lowest BCUT2D eigenvalue weighted by Gasteiger charge is -2.33. The first-order valence-electron chi connectivity index (χ1n) is 6.09. The summed E-state index contributed by atoms with van der Waals surface area (Å²) in [5.74, 6) is 0. The number of nitrogens with one attached hydrogen (secondary N) is 2. The summed E-state index contributed by atoms with van der Waals surface area (Å²) in [4.78, 5) is 0. The fourth-order valence-electron chi connectivity index (χ4n) is 2.46. The van der Waals surface area contributed by atoms with Crippen LogP contribution in [-0.2, 0) is 10.2 Å². The molecule has 0 aromatic rings. The van der Waals surface area contributed by atoms with Gasteiger partial charge < -0.3 is 5.32 Å². The molecule has 2 atom stereocenters. The van der Waals surface area contributed by atoms with Crippen molar-refractivity contribution in [2.75, 3.05) is 19.6 Å². The lowest BCUT2D eigenvalue weighted by Crippen LogP contribution is -2.51. The first kappa shape index (κ1) is 12.3. The van der Waals surface area contributed by atoms with E-state index in [2.05, 4.69) is 10.0 Å². The molecule has 0 radical (unpaired) electrons. The molecule has 2 N–H and O–H groups in total. The maximum Gasteiger partial charge on any atom is 0.279 e. The quantitative estimate of drug-likeness (QED) is 0.741. The van der Waals surface area contributed by atoms with Crippen molar-refractivity contribution in [2.45, 2.75) is 44.7 Å². The van der Waals surface area contributed by atoms with Gasteiger partial charge in [-0.3, -0.25) is 0 Å². The second-order valence-electron chi connectivity index (χ2n) is 4.77. The first-order valence-corrected chi connectivity index (χ1v) is 7.53. The van der Waals surface area contributed by atoms with Crippen LogP contribution in [0, 0.1) is 0 Å². The summed E-state index contributed by atoms with van der Waals surface area (Å²) in [6, 6.07) is 0.208. The van der Waals surface area contributed by atoms with E-state index in [9.17, 15) is 8.42 Å². The molecule has 0 spiro atoms. The molecule has 6 heteroatoms. The lowest BCUT2D eigenvalue weighted by atomic mass is 10.1. The number of hydrogen-bond donors (Lipinski definition) is 2. The van der Waals surface area contributed by atoms with Crippen molar-refractivity contribution in [1.29, 1.82) is 0 Å². The molecule has 2 saturated heterocycles. The van der Waals surface area contributed by atoms with Gasteiger partial charge in [0, 0.05) is 25.2 Å². The predicted molar refractivity (Wildman–Crippen MR) is 63.3 cm³/mol. The Morgan fingerprint density at radius 2 is 2.12 bits per heavy atom. The van der Waals surface area contributed by atoms with Crippen LogP contribution in [0.15, 0.2) is 0 Å². The molecule has 2 rings (SSSR count). The second-order valence-corrected chi connectivity index (χ2v) is 6.42. The zero-order valence-corrected chi connectivity index (χ0v) is 10.6. The van der Waals surface area contributed by atoms with Crippen LogP contribution in [0.2, 0.25) is 0 Å². The largest absolute Gasteiger partial charge is 0.315 e. The lowest BCUT2D eigenvalue weighted by molar-refractivity contribution is 0.264. The van der Waals surface area contributed by atoms with Crippen LogP contribution in [0.5, 0.6) is 0 Å².